The van der Waals surface area contributed by atoms with Gasteiger partial charge in [-0.05, 0) is 17.7 Å². The lowest BCUT2D eigenvalue weighted by atomic mass is 9.86. The summed E-state index contributed by atoms with van der Waals surface area (Å²) >= 11 is 0. The van der Waals surface area contributed by atoms with Gasteiger partial charge in [0, 0.05) is 24.5 Å². The Morgan fingerprint density at radius 2 is 1.96 bits per heavy atom. The van der Waals surface area contributed by atoms with Crippen molar-refractivity contribution in [1.29, 1.82) is 0 Å². The monoisotopic (exact) mass is 375 g/mol. The number of nitro benzene ring substituents is 1. The molecule has 2 aromatic carbocycles. The number of imidazole rings is 1. The number of hydrogen-bond acceptors (Lipinski definition) is 5. The van der Waals surface area contributed by atoms with Crippen LogP contribution in [-0.4, -0.2) is 25.2 Å². The van der Waals surface area contributed by atoms with Gasteiger partial charge in [0.1, 0.15) is 5.82 Å². The lowest BCUT2D eigenvalue weighted by Crippen LogP contribution is -2.32. The molecule has 0 aliphatic carbocycles. The molecular weight excluding hydrogens is 362 g/mol. The zero-order valence-electron chi connectivity index (χ0n) is 14.4. The molecule has 9 heteroatoms. The summed E-state index contributed by atoms with van der Waals surface area (Å²) in [5, 5.41) is 13.9. The van der Waals surface area contributed by atoms with Crippen molar-refractivity contribution in [3.8, 4) is 0 Å². The van der Waals surface area contributed by atoms with Crippen molar-refractivity contribution in [2.75, 3.05) is 5.32 Å². The molecule has 0 unspecified atom stereocenters. The van der Waals surface area contributed by atoms with E-state index in [0.29, 0.717) is 28.2 Å². The SMILES string of the molecule is O=C1C[C@H](c2cccc([N+](=O)[O-])c2)c2c(n3c(nc4ccccc43)[nH]c2=O)N1. The molecule has 3 heterocycles. The van der Waals surface area contributed by atoms with Crippen LogP contribution in [0.15, 0.2) is 53.3 Å². The van der Waals surface area contributed by atoms with Crippen molar-refractivity contribution in [2.24, 2.45) is 0 Å². The molecule has 1 aliphatic rings. The van der Waals surface area contributed by atoms with Gasteiger partial charge in [-0.2, -0.15) is 0 Å². The van der Waals surface area contributed by atoms with Crippen LogP contribution in [0.25, 0.3) is 16.8 Å². The van der Waals surface area contributed by atoms with Crippen LogP contribution in [-0.2, 0) is 4.79 Å². The van der Waals surface area contributed by atoms with E-state index < -0.39 is 10.8 Å². The number of benzene rings is 2. The summed E-state index contributed by atoms with van der Waals surface area (Å²) < 4.78 is 1.70. The first-order valence-corrected chi connectivity index (χ1v) is 8.60. The molecule has 1 amide bonds. The van der Waals surface area contributed by atoms with Gasteiger partial charge in [-0.25, -0.2) is 4.98 Å². The normalized spacial score (nSPS) is 16.1. The second kappa shape index (κ2) is 5.74. The number of hydrogen-bond donors (Lipinski definition) is 2. The maximum atomic E-state index is 12.9. The minimum Gasteiger partial charge on any atom is -0.311 e. The average molecular weight is 375 g/mol. The fraction of sp³-hybridized carbons (Fsp3) is 0.105. The molecule has 0 saturated carbocycles. The number of amides is 1. The highest BCUT2D eigenvalue weighted by molar-refractivity contribution is 5.96. The minimum atomic E-state index is -0.599. The maximum absolute atomic E-state index is 12.9. The largest absolute Gasteiger partial charge is 0.311 e. The van der Waals surface area contributed by atoms with Crippen LogP contribution < -0.4 is 10.9 Å². The highest BCUT2D eigenvalue weighted by Gasteiger charge is 2.32. The molecule has 9 nitrogen and oxygen atoms in total. The molecule has 0 bridgehead atoms. The molecule has 0 spiro atoms. The van der Waals surface area contributed by atoms with Gasteiger partial charge in [0.2, 0.25) is 11.7 Å². The molecule has 2 N–H and O–H groups in total. The predicted octanol–water partition coefficient (Wildman–Crippen LogP) is 2.56. The topological polar surface area (TPSA) is 122 Å². The second-order valence-corrected chi connectivity index (χ2v) is 6.63. The number of non-ortho nitro benzene ring substituents is 1. The third-order valence-electron chi connectivity index (χ3n) is 4.99. The van der Waals surface area contributed by atoms with Gasteiger partial charge in [0.25, 0.3) is 11.2 Å². The first-order valence-electron chi connectivity index (χ1n) is 8.60. The van der Waals surface area contributed by atoms with E-state index in [1.165, 1.54) is 12.1 Å². The third-order valence-corrected chi connectivity index (χ3v) is 4.99. The number of carbonyl (C=O) groups excluding carboxylic acids is 1. The van der Waals surface area contributed by atoms with E-state index in [4.69, 9.17) is 0 Å². The molecule has 0 fully saturated rings. The Labute approximate surface area is 156 Å². The number of fused-ring (bicyclic) bond motifs is 5. The van der Waals surface area contributed by atoms with Crippen LogP contribution in [0.5, 0.6) is 0 Å². The number of carbonyl (C=O) groups is 1. The van der Waals surface area contributed by atoms with Crippen LogP contribution in [0.3, 0.4) is 0 Å². The Hall–Kier alpha value is -4.01. The van der Waals surface area contributed by atoms with Crippen molar-refractivity contribution in [3.05, 3.63) is 80.1 Å². The summed E-state index contributed by atoms with van der Waals surface area (Å²) in [6, 6.07) is 13.4. The number of aromatic amines is 1. The maximum Gasteiger partial charge on any atom is 0.269 e. The summed E-state index contributed by atoms with van der Waals surface area (Å²) in [6.45, 7) is 0. The van der Waals surface area contributed by atoms with Crippen LogP contribution in [0.4, 0.5) is 11.5 Å². The molecule has 2 aromatic heterocycles. The number of nitrogens with one attached hydrogen (secondary N) is 2. The van der Waals surface area contributed by atoms with Gasteiger partial charge in [0.05, 0.1) is 21.5 Å². The standard InChI is InChI=1S/C19H13N5O4/c25-15-9-12(10-4-3-5-11(8-10)24(27)28)16-17(21-15)23-14-7-2-1-6-13(14)20-19(23)22-18(16)26/h1-8,12H,9H2,(H,21,25)(H,20,22,26)/t12-/m1/s1. The summed E-state index contributed by atoms with van der Waals surface area (Å²) in [7, 11) is 0. The van der Waals surface area contributed by atoms with Gasteiger partial charge in [-0.1, -0.05) is 24.3 Å². The molecule has 1 aliphatic heterocycles. The van der Waals surface area contributed by atoms with Crippen molar-refractivity contribution < 1.29 is 9.72 Å². The van der Waals surface area contributed by atoms with E-state index in [0.717, 1.165) is 5.52 Å². The zero-order valence-corrected chi connectivity index (χ0v) is 14.4. The van der Waals surface area contributed by atoms with Crippen LogP contribution in [0.2, 0.25) is 0 Å². The first-order chi connectivity index (χ1) is 13.5. The predicted molar refractivity (Wildman–Crippen MR) is 102 cm³/mol. The minimum absolute atomic E-state index is 0.0232. The van der Waals surface area contributed by atoms with Crippen molar-refractivity contribution in [3.63, 3.8) is 0 Å². The van der Waals surface area contributed by atoms with Gasteiger partial charge in [-0.3, -0.25) is 29.1 Å². The summed E-state index contributed by atoms with van der Waals surface area (Å²) in [5.74, 6) is -0.197. The first kappa shape index (κ1) is 16.2. The fourth-order valence-corrected chi connectivity index (χ4v) is 3.79. The highest BCUT2D eigenvalue weighted by atomic mass is 16.6. The molecule has 4 aromatic rings. The summed E-state index contributed by atoms with van der Waals surface area (Å²) in [5.41, 5.74) is 1.85. The second-order valence-electron chi connectivity index (χ2n) is 6.63. The van der Waals surface area contributed by atoms with Gasteiger partial charge >= 0.3 is 0 Å². The van der Waals surface area contributed by atoms with Crippen molar-refractivity contribution >= 4 is 34.2 Å². The van der Waals surface area contributed by atoms with Gasteiger partial charge < -0.3 is 5.32 Å². The van der Waals surface area contributed by atoms with Crippen molar-refractivity contribution in [2.45, 2.75) is 12.3 Å². The molecule has 0 radical (unpaired) electrons. The van der Waals surface area contributed by atoms with E-state index in [2.05, 4.69) is 15.3 Å². The molecule has 1 atom stereocenters. The van der Waals surface area contributed by atoms with E-state index in [-0.39, 0.29) is 23.6 Å². The van der Waals surface area contributed by atoms with E-state index in [9.17, 15) is 19.7 Å². The third kappa shape index (κ3) is 2.29. The molecule has 138 valence electrons. The van der Waals surface area contributed by atoms with E-state index in [1.807, 2.05) is 24.3 Å². The smallest absolute Gasteiger partial charge is 0.269 e. The average Bonchev–Trinajstić information content (AvgIpc) is 3.05. The van der Waals surface area contributed by atoms with Crippen LogP contribution in [0, 0.1) is 10.1 Å². The zero-order chi connectivity index (χ0) is 19.4. The number of nitrogens with zero attached hydrogens (tertiary/aromatic N) is 3. The van der Waals surface area contributed by atoms with Gasteiger partial charge in [0.15, 0.2) is 0 Å². The Balaban J connectivity index is 1.82. The number of nitro groups is 1. The Morgan fingerprint density at radius 3 is 2.79 bits per heavy atom. The van der Waals surface area contributed by atoms with E-state index >= 15 is 0 Å². The Morgan fingerprint density at radius 1 is 1.14 bits per heavy atom. The summed E-state index contributed by atoms with van der Waals surface area (Å²) in [4.78, 5) is 43.2. The van der Waals surface area contributed by atoms with Crippen molar-refractivity contribution in [1.82, 2.24) is 14.4 Å². The van der Waals surface area contributed by atoms with Crippen LogP contribution in [0.1, 0.15) is 23.5 Å². The number of H-pyrrole nitrogens is 1. The van der Waals surface area contributed by atoms with E-state index in [1.54, 1.807) is 16.5 Å². The lowest BCUT2D eigenvalue weighted by molar-refractivity contribution is -0.384. The summed E-state index contributed by atoms with van der Waals surface area (Å²) in [6.07, 6.45) is 0.0232. The number of aromatic nitrogens is 3. The highest BCUT2D eigenvalue weighted by Crippen LogP contribution is 2.37. The fourth-order valence-electron chi connectivity index (χ4n) is 3.79. The van der Waals surface area contributed by atoms with Gasteiger partial charge in [-0.15, -0.1) is 0 Å². The number of anilines is 1. The number of rotatable bonds is 2. The number of para-hydroxylation sites is 2. The Bertz CT molecular complexity index is 1350. The Kier molecular flexibility index (Phi) is 3.32. The van der Waals surface area contributed by atoms with Crippen LogP contribution >= 0.6 is 0 Å². The quantitative estimate of drug-likeness (QED) is 0.412. The lowest BCUT2D eigenvalue weighted by Gasteiger charge is -2.25. The molecule has 5 rings (SSSR count). The molecule has 28 heavy (non-hydrogen) atoms. The molecular formula is C19H13N5O4. The molecule has 0 saturated heterocycles.